The number of rotatable bonds is 2. The highest BCUT2D eigenvalue weighted by molar-refractivity contribution is 6.08. The minimum absolute atomic E-state index is 0.872. The Bertz CT molecular complexity index is 847. The van der Waals surface area contributed by atoms with Crippen LogP contribution in [0.3, 0.4) is 0 Å². The van der Waals surface area contributed by atoms with Crippen LogP contribution in [0.5, 0.6) is 11.5 Å². The van der Waals surface area contributed by atoms with Crippen molar-refractivity contribution in [3.63, 3.8) is 0 Å². The molecule has 3 rings (SSSR count). The molecule has 0 N–H and O–H groups in total. The van der Waals surface area contributed by atoms with Crippen LogP contribution in [0.25, 0.3) is 21.5 Å². The summed E-state index contributed by atoms with van der Waals surface area (Å²) in [5.41, 5.74) is 3.57. The van der Waals surface area contributed by atoms with Gasteiger partial charge in [-0.15, -0.1) is 0 Å². The van der Waals surface area contributed by atoms with Crippen molar-refractivity contribution in [1.82, 2.24) is 0 Å². The minimum Gasteiger partial charge on any atom is -0.496 e. The van der Waals surface area contributed by atoms with Crippen molar-refractivity contribution in [2.75, 3.05) is 14.2 Å². The van der Waals surface area contributed by atoms with Crippen molar-refractivity contribution >= 4 is 21.5 Å². The molecule has 108 valence electrons. The maximum Gasteiger partial charge on any atom is 0.133 e. The molecule has 0 fully saturated rings. The van der Waals surface area contributed by atoms with Gasteiger partial charge in [-0.3, -0.25) is 0 Å². The highest BCUT2D eigenvalue weighted by Crippen LogP contribution is 2.42. The summed E-state index contributed by atoms with van der Waals surface area (Å²) >= 11 is 0. The maximum atomic E-state index is 5.71. The van der Waals surface area contributed by atoms with E-state index < -0.39 is 0 Å². The number of fused-ring (bicyclic) bond motifs is 2. The predicted molar refractivity (Wildman–Crippen MR) is 88.8 cm³/mol. The van der Waals surface area contributed by atoms with E-state index in [1.54, 1.807) is 14.2 Å². The highest BCUT2D eigenvalue weighted by Gasteiger charge is 2.17. The summed E-state index contributed by atoms with van der Waals surface area (Å²) in [6, 6.07) is 10.7. The topological polar surface area (TPSA) is 18.5 Å². The predicted octanol–water partition coefficient (Wildman–Crippen LogP) is 4.94. The summed E-state index contributed by atoms with van der Waals surface area (Å²) in [4.78, 5) is 0. The highest BCUT2D eigenvalue weighted by atomic mass is 16.5. The Morgan fingerprint density at radius 1 is 0.714 bits per heavy atom. The van der Waals surface area contributed by atoms with Gasteiger partial charge in [0.1, 0.15) is 11.5 Å². The van der Waals surface area contributed by atoms with E-state index in [0.717, 1.165) is 17.1 Å². The summed E-state index contributed by atoms with van der Waals surface area (Å²) in [6.07, 6.45) is 0. The average molecular weight is 280 g/mol. The molecule has 0 aliphatic carbocycles. The van der Waals surface area contributed by atoms with Gasteiger partial charge < -0.3 is 9.47 Å². The lowest BCUT2D eigenvalue weighted by Gasteiger charge is -2.18. The first-order valence-electron chi connectivity index (χ1n) is 7.13. The molecule has 0 aromatic heterocycles. The zero-order chi connectivity index (χ0) is 15.1. The third-order valence-electron chi connectivity index (χ3n) is 4.42. The number of hydrogen-bond acceptors (Lipinski definition) is 2. The fraction of sp³-hybridized carbons (Fsp3) is 0.263. The van der Waals surface area contributed by atoms with E-state index in [2.05, 4.69) is 44.2 Å². The Kier molecular flexibility index (Phi) is 3.25. The van der Waals surface area contributed by atoms with Crippen LogP contribution < -0.4 is 9.47 Å². The monoisotopic (exact) mass is 280 g/mol. The molecule has 2 nitrogen and oxygen atoms in total. The molecule has 0 atom stereocenters. The molecular weight excluding hydrogens is 260 g/mol. The summed E-state index contributed by atoms with van der Waals surface area (Å²) in [7, 11) is 3.43. The van der Waals surface area contributed by atoms with E-state index >= 15 is 0 Å². The first-order valence-corrected chi connectivity index (χ1v) is 7.13. The van der Waals surface area contributed by atoms with Crippen molar-refractivity contribution in [3.05, 3.63) is 47.0 Å². The van der Waals surface area contributed by atoms with Gasteiger partial charge in [-0.05, 0) is 54.1 Å². The molecule has 0 saturated carbocycles. The quantitative estimate of drug-likeness (QED) is 0.619. The van der Waals surface area contributed by atoms with Crippen molar-refractivity contribution in [2.24, 2.45) is 0 Å². The Balaban J connectivity index is 2.62. The van der Waals surface area contributed by atoms with Crippen LogP contribution in [-0.4, -0.2) is 14.2 Å². The second-order valence-corrected chi connectivity index (χ2v) is 5.46. The third-order valence-corrected chi connectivity index (χ3v) is 4.42. The van der Waals surface area contributed by atoms with Gasteiger partial charge >= 0.3 is 0 Å². The van der Waals surface area contributed by atoms with Crippen LogP contribution in [0.1, 0.15) is 16.7 Å². The van der Waals surface area contributed by atoms with E-state index in [0.29, 0.717) is 0 Å². The van der Waals surface area contributed by atoms with E-state index in [4.69, 9.17) is 9.47 Å². The van der Waals surface area contributed by atoms with Gasteiger partial charge in [0.2, 0.25) is 0 Å². The van der Waals surface area contributed by atoms with E-state index in [9.17, 15) is 0 Å². The van der Waals surface area contributed by atoms with Crippen LogP contribution >= 0.6 is 0 Å². The molecule has 0 aliphatic rings. The van der Waals surface area contributed by atoms with Crippen molar-refractivity contribution < 1.29 is 9.47 Å². The average Bonchev–Trinajstić information content (AvgIpc) is 2.52. The molecule has 0 radical (unpaired) electrons. The second kappa shape index (κ2) is 4.96. The lowest BCUT2D eigenvalue weighted by Crippen LogP contribution is -1.97. The molecule has 0 spiro atoms. The zero-order valence-corrected chi connectivity index (χ0v) is 13.2. The number of methoxy groups -OCH3 is 2. The van der Waals surface area contributed by atoms with Gasteiger partial charge in [-0.25, -0.2) is 0 Å². The van der Waals surface area contributed by atoms with Gasteiger partial charge in [-0.2, -0.15) is 0 Å². The van der Waals surface area contributed by atoms with E-state index in [-0.39, 0.29) is 0 Å². The van der Waals surface area contributed by atoms with Gasteiger partial charge in [-0.1, -0.05) is 24.3 Å². The second-order valence-electron chi connectivity index (χ2n) is 5.46. The first kappa shape index (κ1) is 13.7. The van der Waals surface area contributed by atoms with Crippen molar-refractivity contribution in [1.29, 1.82) is 0 Å². The number of aryl methyl sites for hydroxylation is 2. The Hall–Kier alpha value is -2.22. The standard InChI is InChI=1S/C19H20O2/c1-11-14-8-6-7-9-15(14)12(2)18-16(11)10-17(20-4)13(3)19(18)21-5/h6-10H,1-5H3. The van der Waals surface area contributed by atoms with Crippen LogP contribution in [0, 0.1) is 20.8 Å². The number of benzene rings is 3. The molecule has 0 amide bonds. The zero-order valence-electron chi connectivity index (χ0n) is 13.2. The minimum atomic E-state index is 0.872. The largest absolute Gasteiger partial charge is 0.496 e. The van der Waals surface area contributed by atoms with Gasteiger partial charge in [0, 0.05) is 10.9 Å². The van der Waals surface area contributed by atoms with Gasteiger partial charge in [0.15, 0.2) is 0 Å². The summed E-state index contributed by atoms with van der Waals surface area (Å²) in [6.45, 7) is 6.37. The number of ether oxygens (including phenoxy) is 2. The molecule has 21 heavy (non-hydrogen) atoms. The Morgan fingerprint density at radius 3 is 1.90 bits per heavy atom. The molecule has 0 saturated heterocycles. The normalized spacial score (nSPS) is 11.1. The molecule has 0 heterocycles. The van der Waals surface area contributed by atoms with Crippen LogP contribution in [-0.2, 0) is 0 Å². The molecule has 3 aromatic carbocycles. The van der Waals surface area contributed by atoms with Crippen molar-refractivity contribution in [3.8, 4) is 11.5 Å². The fourth-order valence-electron chi connectivity index (χ4n) is 3.29. The SMILES string of the molecule is COc1cc2c(C)c3ccccc3c(C)c2c(OC)c1C. The summed E-state index contributed by atoms with van der Waals surface area (Å²) in [5, 5.41) is 4.96. The molecule has 0 aliphatic heterocycles. The van der Waals surface area contributed by atoms with Crippen LogP contribution in [0.2, 0.25) is 0 Å². The lowest BCUT2D eigenvalue weighted by atomic mass is 9.91. The van der Waals surface area contributed by atoms with Gasteiger partial charge in [0.05, 0.1) is 14.2 Å². The summed E-state index contributed by atoms with van der Waals surface area (Å²) < 4.78 is 11.2. The molecule has 0 unspecified atom stereocenters. The molecule has 2 heteroatoms. The number of hydrogen-bond donors (Lipinski definition) is 0. The van der Waals surface area contributed by atoms with E-state index in [1.165, 1.54) is 32.7 Å². The van der Waals surface area contributed by atoms with Crippen LogP contribution in [0.15, 0.2) is 30.3 Å². The maximum absolute atomic E-state index is 5.71. The van der Waals surface area contributed by atoms with E-state index in [1.807, 2.05) is 6.92 Å². The summed E-state index contributed by atoms with van der Waals surface area (Å²) in [5.74, 6) is 1.79. The third kappa shape index (κ3) is 1.86. The van der Waals surface area contributed by atoms with Crippen molar-refractivity contribution in [2.45, 2.75) is 20.8 Å². The fourth-order valence-corrected chi connectivity index (χ4v) is 3.29. The van der Waals surface area contributed by atoms with Gasteiger partial charge in [0.25, 0.3) is 0 Å². The molecule has 0 bridgehead atoms. The first-order chi connectivity index (χ1) is 10.1. The molecule has 3 aromatic rings. The smallest absolute Gasteiger partial charge is 0.133 e. The molecular formula is C19H20O2. The Morgan fingerprint density at radius 2 is 1.33 bits per heavy atom. The Labute approximate surface area is 125 Å². The van der Waals surface area contributed by atoms with Crippen LogP contribution in [0.4, 0.5) is 0 Å². The lowest BCUT2D eigenvalue weighted by molar-refractivity contribution is 0.392.